The van der Waals surface area contributed by atoms with Gasteiger partial charge in [0.2, 0.25) is 0 Å². The maximum atomic E-state index is 11.8. The van der Waals surface area contributed by atoms with Crippen molar-refractivity contribution in [2.45, 2.75) is 6.92 Å². The van der Waals surface area contributed by atoms with Gasteiger partial charge in [-0.25, -0.2) is 0 Å². The maximum Gasteiger partial charge on any atom is 0.251 e. The van der Waals surface area contributed by atoms with Crippen LogP contribution in [-0.2, 0) is 0 Å². The molecule has 2 aromatic carbocycles. The molecule has 0 radical (unpaired) electrons. The Labute approximate surface area is 112 Å². The summed E-state index contributed by atoms with van der Waals surface area (Å²) in [4.78, 5) is 11.8. The predicted octanol–water partition coefficient (Wildman–Crippen LogP) is 2.61. The van der Waals surface area contributed by atoms with Gasteiger partial charge in [0.15, 0.2) is 11.5 Å². The fourth-order valence-corrected chi connectivity index (χ4v) is 1.98. The minimum Gasteiger partial charge on any atom is -0.493 e. The molecule has 0 saturated carbocycles. The summed E-state index contributed by atoms with van der Waals surface area (Å²) < 4.78 is 10.5. The van der Waals surface area contributed by atoms with Crippen molar-refractivity contribution in [1.82, 2.24) is 5.32 Å². The molecule has 0 heterocycles. The monoisotopic (exact) mass is 259 g/mol. The van der Waals surface area contributed by atoms with Gasteiger partial charge in [-0.1, -0.05) is 6.07 Å². The number of amides is 1. The third-order valence-electron chi connectivity index (χ3n) is 2.94. The second-order valence-electron chi connectivity index (χ2n) is 4.13. The summed E-state index contributed by atoms with van der Waals surface area (Å²) >= 11 is 0. The number of hydrogen-bond donors (Lipinski definition) is 1. The molecule has 1 N–H and O–H groups in total. The molecule has 0 aliphatic rings. The molecule has 19 heavy (non-hydrogen) atoms. The highest BCUT2D eigenvalue weighted by Crippen LogP contribution is 2.32. The molecule has 0 atom stereocenters. The van der Waals surface area contributed by atoms with Crippen LogP contribution in [0.25, 0.3) is 10.8 Å². The molecule has 0 fully saturated rings. The predicted molar refractivity (Wildman–Crippen MR) is 75.1 cm³/mol. The second kappa shape index (κ2) is 5.61. The molecular weight excluding hydrogens is 242 g/mol. The van der Waals surface area contributed by atoms with Crippen molar-refractivity contribution in [3.8, 4) is 11.5 Å². The van der Waals surface area contributed by atoms with Gasteiger partial charge in [0, 0.05) is 12.1 Å². The molecule has 4 heteroatoms. The Kier molecular flexibility index (Phi) is 3.90. The first-order chi connectivity index (χ1) is 9.19. The number of carbonyl (C=O) groups excluding carboxylic acids is 1. The number of methoxy groups -OCH3 is 2. The lowest BCUT2D eigenvalue weighted by Gasteiger charge is -2.10. The largest absolute Gasteiger partial charge is 0.493 e. The lowest BCUT2D eigenvalue weighted by Crippen LogP contribution is -2.22. The van der Waals surface area contributed by atoms with E-state index < -0.39 is 0 Å². The molecule has 2 aromatic rings. The quantitative estimate of drug-likeness (QED) is 0.918. The highest BCUT2D eigenvalue weighted by atomic mass is 16.5. The number of benzene rings is 2. The number of nitrogens with one attached hydrogen (secondary N) is 1. The average molecular weight is 259 g/mol. The Morgan fingerprint density at radius 2 is 1.68 bits per heavy atom. The van der Waals surface area contributed by atoms with E-state index in [4.69, 9.17) is 9.47 Å². The normalized spacial score (nSPS) is 10.3. The molecule has 0 bridgehead atoms. The molecule has 2 rings (SSSR count). The summed E-state index contributed by atoms with van der Waals surface area (Å²) in [5.41, 5.74) is 0.640. The van der Waals surface area contributed by atoms with Crippen LogP contribution in [0, 0.1) is 0 Å². The van der Waals surface area contributed by atoms with Gasteiger partial charge in [0.1, 0.15) is 0 Å². The number of hydrogen-bond acceptors (Lipinski definition) is 3. The van der Waals surface area contributed by atoms with Crippen molar-refractivity contribution >= 4 is 16.7 Å². The zero-order chi connectivity index (χ0) is 13.8. The Bertz CT molecular complexity index is 608. The smallest absolute Gasteiger partial charge is 0.251 e. The molecule has 0 aromatic heterocycles. The summed E-state index contributed by atoms with van der Waals surface area (Å²) in [6.07, 6.45) is 0. The van der Waals surface area contributed by atoms with Crippen LogP contribution in [0.4, 0.5) is 0 Å². The van der Waals surface area contributed by atoms with Crippen molar-refractivity contribution in [2.24, 2.45) is 0 Å². The van der Waals surface area contributed by atoms with Crippen molar-refractivity contribution in [3.05, 3.63) is 35.9 Å². The number of fused-ring (bicyclic) bond motifs is 1. The van der Waals surface area contributed by atoms with Crippen molar-refractivity contribution in [3.63, 3.8) is 0 Å². The maximum absolute atomic E-state index is 11.8. The fourth-order valence-electron chi connectivity index (χ4n) is 1.98. The SMILES string of the molecule is CCNC(=O)c1ccc2cc(OC)c(OC)cc2c1. The second-order valence-corrected chi connectivity index (χ2v) is 4.13. The zero-order valence-electron chi connectivity index (χ0n) is 11.3. The molecule has 100 valence electrons. The summed E-state index contributed by atoms with van der Waals surface area (Å²) in [5, 5.41) is 4.73. The van der Waals surface area contributed by atoms with Gasteiger partial charge >= 0.3 is 0 Å². The molecule has 4 nitrogen and oxygen atoms in total. The first-order valence-electron chi connectivity index (χ1n) is 6.13. The van der Waals surface area contributed by atoms with E-state index in [-0.39, 0.29) is 5.91 Å². The minimum absolute atomic E-state index is 0.0702. The van der Waals surface area contributed by atoms with Crippen LogP contribution in [0.2, 0.25) is 0 Å². The van der Waals surface area contributed by atoms with Crippen molar-refractivity contribution in [1.29, 1.82) is 0 Å². The summed E-state index contributed by atoms with van der Waals surface area (Å²) in [7, 11) is 3.20. The molecule has 1 amide bonds. The summed E-state index contributed by atoms with van der Waals surface area (Å²) in [6, 6.07) is 9.33. The van der Waals surface area contributed by atoms with Crippen molar-refractivity contribution < 1.29 is 14.3 Å². The van der Waals surface area contributed by atoms with Gasteiger partial charge in [0.05, 0.1) is 14.2 Å². The van der Waals surface area contributed by atoms with E-state index in [0.29, 0.717) is 23.6 Å². The molecule has 0 aliphatic heterocycles. The molecule has 0 unspecified atom stereocenters. The van der Waals surface area contributed by atoms with Gasteiger partial charge in [-0.15, -0.1) is 0 Å². The van der Waals surface area contributed by atoms with E-state index in [2.05, 4.69) is 5.32 Å². The topological polar surface area (TPSA) is 47.6 Å². The zero-order valence-corrected chi connectivity index (χ0v) is 11.3. The van der Waals surface area contributed by atoms with Crippen LogP contribution >= 0.6 is 0 Å². The standard InChI is InChI=1S/C15H17NO3/c1-4-16-15(17)11-6-5-10-8-13(18-2)14(19-3)9-12(10)7-11/h5-9H,4H2,1-3H3,(H,16,17). The molecule has 0 aliphatic carbocycles. The van der Waals surface area contributed by atoms with E-state index in [1.807, 2.05) is 31.2 Å². The van der Waals surface area contributed by atoms with Crippen LogP contribution in [-0.4, -0.2) is 26.7 Å². The third-order valence-corrected chi connectivity index (χ3v) is 2.94. The molecule has 0 spiro atoms. The van der Waals surface area contributed by atoms with E-state index in [1.165, 1.54) is 0 Å². The van der Waals surface area contributed by atoms with E-state index in [0.717, 1.165) is 10.8 Å². The van der Waals surface area contributed by atoms with Crippen LogP contribution in [0.5, 0.6) is 11.5 Å². The highest BCUT2D eigenvalue weighted by molar-refractivity contribution is 5.99. The summed E-state index contributed by atoms with van der Waals surface area (Å²) in [5.74, 6) is 1.27. The van der Waals surface area contributed by atoms with Crippen LogP contribution in [0.1, 0.15) is 17.3 Å². The van der Waals surface area contributed by atoms with Gasteiger partial charge < -0.3 is 14.8 Å². The Hall–Kier alpha value is -2.23. The Morgan fingerprint density at radius 3 is 2.26 bits per heavy atom. The number of carbonyl (C=O) groups is 1. The number of rotatable bonds is 4. The molecular formula is C15H17NO3. The lowest BCUT2D eigenvalue weighted by atomic mass is 10.1. The summed E-state index contributed by atoms with van der Waals surface area (Å²) in [6.45, 7) is 2.51. The van der Waals surface area contributed by atoms with Gasteiger partial charge in [-0.2, -0.15) is 0 Å². The Morgan fingerprint density at radius 1 is 1.05 bits per heavy atom. The van der Waals surface area contributed by atoms with Gasteiger partial charge in [0.25, 0.3) is 5.91 Å². The van der Waals surface area contributed by atoms with Crippen LogP contribution < -0.4 is 14.8 Å². The van der Waals surface area contributed by atoms with Gasteiger partial charge in [-0.05, 0) is 42.0 Å². The molecule has 0 saturated heterocycles. The van der Waals surface area contributed by atoms with Crippen LogP contribution in [0.3, 0.4) is 0 Å². The Balaban J connectivity index is 2.50. The minimum atomic E-state index is -0.0702. The first kappa shape index (κ1) is 13.2. The van der Waals surface area contributed by atoms with E-state index in [9.17, 15) is 4.79 Å². The van der Waals surface area contributed by atoms with Crippen molar-refractivity contribution in [2.75, 3.05) is 20.8 Å². The third kappa shape index (κ3) is 2.62. The van der Waals surface area contributed by atoms with Gasteiger partial charge in [-0.3, -0.25) is 4.79 Å². The highest BCUT2D eigenvalue weighted by Gasteiger charge is 2.09. The average Bonchev–Trinajstić information content (AvgIpc) is 2.45. The van der Waals surface area contributed by atoms with E-state index in [1.54, 1.807) is 20.3 Å². The first-order valence-corrected chi connectivity index (χ1v) is 6.13. The number of ether oxygens (including phenoxy) is 2. The lowest BCUT2D eigenvalue weighted by molar-refractivity contribution is 0.0956. The fraction of sp³-hybridized carbons (Fsp3) is 0.267. The van der Waals surface area contributed by atoms with E-state index >= 15 is 0 Å². The van der Waals surface area contributed by atoms with Crippen LogP contribution in [0.15, 0.2) is 30.3 Å².